The minimum atomic E-state index is -0.548. The Morgan fingerprint density at radius 1 is 1.41 bits per heavy atom. The van der Waals surface area contributed by atoms with Crippen LogP contribution in [-0.2, 0) is 0 Å². The highest BCUT2D eigenvalue weighted by atomic mass is 16.2. The summed E-state index contributed by atoms with van der Waals surface area (Å²) in [7, 11) is 0. The van der Waals surface area contributed by atoms with Crippen LogP contribution in [0.5, 0.6) is 0 Å². The summed E-state index contributed by atoms with van der Waals surface area (Å²) in [4.78, 5) is 23.0. The third-order valence-corrected chi connectivity index (χ3v) is 2.52. The predicted molar refractivity (Wildman–Crippen MR) is 65.6 cm³/mol. The molecule has 0 fully saturated rings. The van der Waals surface area contributed by atoms with Gasteiger partial charge in [0.2, 0.25) is 5.91 Å². The molecule has 0 aliphatic carbocycles. The van der Waals surface area contributed by atoms with Crippen LogP contribution in [0.2, 0.25) is 0 Å². The van der Waals surface area contributed by atoms with Crippen LogP contribution in [0, 0.1) is 26.2 Å². The van der Waals surface area contributed by atoms with Crippen LogP contribution in [0.1, 0.15) is 31.8 Å². The molecule has 3 N–H and O–H groups in total. The number of primary amides is 1. The monoisotopic (exact) mass is 230 g/mol. The van der Waals surface area contributed by atoms with Gasteiger partial charge in [0.1, 0.15) is 0 Å². The molecule has 88 valence electrons. The predicted octanol–water partition coefficient (Wildman–Crippen LogP) is 0.765. The molecule has 0 bridgehead atoms. The number of hydrogen-bond acceptors (Lipinski definition) is 2. The van der Waals surface area contributed by atoms with E-state index in [0.717, 1.165) is 5.56 Å². The minimum absolute atomic E-state index is 0.151. The lowest BCUT2D eigenvalue weighted by Gasteiger charge is -2.11. The molecular weight excluding hydrogens is 216 g/mol. The summed E-state index contributed by atoms with van der Waals surface area (Å²) in [6.07, 6.45) is 5.07. The summed E-state index contributed by atoms with van der Waals surface area (Å²) in [6.45, 7) is 3.64. The van der Waals surface area contributed by atoms with Gasteiger partial charge >= 0.3 is 0 Å². The highest BCUT2D eigenvalue weighted by molar-refractivity contribution is 6.02. The molecule has 1 aromatic rings. The summed E-state index contributed by atoms with van der Waals surface area (Å²) in [5.74, 6) is 1.48. The van der Waals surface area contributed by atoms with Gasteiger partial charge in [0, 0.05) is 11.1 Å². The van der Waals surface area contributed by atoms with Crippen molar-refractivity contribution in [3.05, 3.63) is 34.4 Å². The Bertz CT molecular complexity index is 513. The Morgan fingerprint density at radius 2 is 2.06 bits per heavy atom. The van der Waals surface area contributed by atoms with E-state index in [1.807, 2.05) is 0 Å². The van der Waals surface area contributed by atoms with Crippen LogP contribution >= 0.6 is 0 Å². The van der Waals surface area contributed by atoms with Crippen molar-refractivity contribution in [1.82, 2.24) is 5.32 Å². The van der Waals surface area contributed by atoms with Gasteiger partial charge in [-0.3, -0.25) is 9.59 Å². The van der Waals surface area contributed by atoms with Crippen LogP contribution < -0.4 is 11.1 Å². The maximum atomic E-state index is 11.9. The van der Waals surface area contributed by atoms with E-state index in [1.165, 1.54) is 0 Å². The first-order valence-corrected chi connectivity index (χ1v) is 5.10. The topological polar surface area (TPSA) is 72.2 Å². The second kappa shape index (κ2) is 5.17. The van der Waals surface area contributed by atoms with Gasteiger partial charge in [-0.15, -0.1) is 6.42 Å². The molecule has 4 heteroatoms. The van der Waals surface area contributed by atoms with E-state index in [0.29, 0.717) is 16.7 Å². The van der Waals surface area contributed by atoms with Gasteiger partial charge in [0.05, 0.1) is 6.54 Å². The van der Waals surface area contributed by atoms with E-state index in [4.69, 9.17) is 12.2 Å². The van der Waals surface area contributed by atoms with E-state index in [9.17, 15) is 9.59 Å². The molecular formula is C13H14N2O2. The van der Waals surface area contributed by atoms with Crippen LogP contribution in [-0.4, -0.2) is 18.4 Å². The number of amides is 2. The fraction of sp³-hybridized carbons (Fsp3) is 0.231. The van der Waals surface area contributed by atoms with Crippen LogP contribution in [0.15, 0.2) is 12.1 Å². The minimum Gasteiger partial charge on any atom is -0.366 e. The number of hydrogen-bond donors (Lipinski definition) is 2. The van der Waals surface area contributed by atoms with Gasteiger partial charge in [0.25, 0.3) is 5.91 Å². The Labute approximate surface area is 100 Å². The average Bonchev–Trinajstić information content (AvgIpc) is 2.25. The SMILES string of the molecule is C#CCNC(=O)c1c(C)ccc(C(N)=O)c1C. The first-order valence-electron chi connectivity index (χ1n) is 5.10. The molecule has 0 spiro atoms. The van der Waals surface area contributed by atoms with Crippen molar-refractivity contribution >= 4 is 11.8 Å². The molecule has 0 aliphatic heterocycles. The largest absolute Gasteiger partial charge is 0.366 e. The van der Waals surface area contributed by atoms with E-state index < -0.39 is 5.91 Å². The van der Waals surface area contributed by atoms with Crippen molar-refractivity contribution in [2.45, 2.75) is 13.8 Å². The molecule has 0 aromatic heterocycles. The maximum absolute atomic E-state index is 11.9. The standard InChI is InChI=1S/C13H14N2O2/c1-4-7-15-13(17)11-8(2)5-6-10(9(11)3)12(14)16/h1,5-6H,7H2,2-3H3,(H2,14,16)(H,15,17). The zero-order valence-corrected chi connectivity index (χ0v) is 9.83. The van der Waals surface area contributed by atoms with Crippen molar-refractivity contribution in [2.24, 2.45) is 5.73 Å². The number of aryl methyl sites for hydroxylation is 1. The quantitative estimate of drug-likeness (QED) is 0.753. The van der Waals surface area contributed by atoms with Gasteiger partial charge in [-0.2, -0.15) is 0 Å². The van der Waals surface area contributed by atoms with Crippen molar-refractivity contribution in [3.63, 3.8) is 0 Å². The zero-order valence-electron chi connectivity index (χ0n) is 9.83. The number of carbonyl (C=O) groups is 2. The molecule has 4 nitrogen and oxygen atoms in total. The van der Waals surface area contributed by atoms with Gasteiger partial charge in [0.15, 0.2) is 0 Å². The van der Waals surface area contributed by atoms with Gasteiger partial charge in [-0.25, -0.2) is 0 Å². The Kier molecular flexibility index (Phi) is 3.89. The molecule has 1 aromatic carbocycles. The summed E-state index contributed by atoms with van der Waals surface area (Å²) in [6, 6.07) is 3.31. The molecule has 0 saturated carbocycles. The summed E-state index contributed by atoms with van der Waals surface area (Å²) in [5.41, 5.74) is 7.39. The third kappa shape index (κ3) is 2.64. The molecule has 0 heterocycles. The molecule has 17 heavy (non-hydrogen) atoms. The smallest absolute Gasteiger partial charge is 0.252 e. The van der Waals surface area contributed by atoms with Crippen molar-refractivity contribution in [2.75, 3.05) is 6.54 Å². The third-order valence-electron chi connectivity index (χ3n) is 2.52. The summed E-state index contributed by atoms with van der Waals surface area (Å²) >= 11 is 0. The van der Waals surface area contributed by atoms with Crippen LogP contribution in [0.25, 0.3) is 0 Å². The number of benzene rings is 1. The van der Waals surface area contributed by atoms with Crippen LogP contribution in [0.3, 0.4) is 0 Å². The van der Waals surface area contributed by atoms with E-state index >= 15 is 0 Å². The number of nitrogens with one attached hydrogen (secondary N) is 1. The first-order chi connectivity index (χ1) is 7.99. The Balaban J connectivity index is 3.23. The highest BCUT2D eigenvalue weighted by Crippen LogP contribution is 2.17. The van der Waals surface area contributed by atoms with E-state index in [1.54, 1.807) is 26.0 Å². The fourth-order valence-corrected chi connectivity index (χ4v) is 1.68. The van der Waals surface area contributed by atoms with Crippen molar-refractivity contribution < 1.29 is 9.59 Å². The first kappa shape index (κ1) is 12.8. The number of rotatable bonds is 3. The van der Waals surface area contributed by atoms with E-state index in [-0.39, 0.29) is 12.5 Å². The highest BCUT2D eigenvalue weighted by Gasteiger charge is 2.16. The number of terminal acetylenes is 1. The van der Waals surface area contributed by atoms with E-state index in [2.05, 4.69) is 11.2 Å². The number of nitrogens with two attached hydrogens (primary N) is 1. The summed E-state index contributed by atoms with van der Waals surface area (Å²) in [5, 5.41) is 2.57. The van der Waals surface area contributed by atoms with Gasteiger partial charge < -0.3 is 11.1 Å². The normalized spacial score (nSPS) is 9.47. The van der Waals surface area contributed by atoms with Crippen molar-refractivity contribution in [1.29, 1.82) is 0 Å². The molecule has 0 unspecified atom stereocenters. The second-order valence-electron chi connectivity index (χ2n) is 3.68. The Morgan fingerprint density at radius 3 is 2.59 bits per heavy atom. The Hall–Kier alpha value is -2.28. The lowest BCUT2D eigenvalue weighted by Crippen LogP contribution is -2.26. The van der Waals surface area contributed by atoms with Crippen molar-refractivity contribution in [3.8, 4) is 12.3 Å². The molecule has 0 radical (unpaired) electrons. The average molecular weight is 230 g/mol. The summed E-state index contributed by atoms with van der Waals surface area (Å²) < 4.78 is 0. The second-order valence-corrected chi connectivity index (χ2v) is 3.68. The molecule has 0 aliphatic rings. The zero-order chi connectivity index (χ0) is 13.0. The van der Waals surface area contributed by atoms with Crippen LogP contribution in [0.4, 0.5) is 0 Å². The maximum Gasteiger partial charge on any atom is 0.252 e. The molecule has 2 amide bonds. The number of carbonyl (C=O) groups excluding carboxylic acids is 2. The lowest BCUT2D eigenvalue weighted by molar-refractivity contribution is 0.0957. The molecule has 0 atom stereocenters. The van der Waals surface area contributed by atoms with Gasteiger partial charge in [-0.05, 0) is 31.0 Å². The fourth-order valence-electron chi connectivity index (χ4n) is 1.68. The van der Waals surface area contributed by atoms with Gasteiger partial charge in [-0.1, -0.05) is 12.0 Å². The lowest BCUT2D eigenvalue weighted by atomic mass is 9.96. The molecule has 0 saturated heterocycles. The molecule has 1 rings (SSSR count).